The number of fused-ring (bicyclic) bond motifs is 3. The highest BCUT2D eigenvalue weighted by molar-refractivity contribution is 7.99. The van der Waals surface area contributed by atoms with Gasteiger partial charge in [-0.05, 0) is 49.2 Å². The molecule has 0 saturated carbocycles. The summed E-state index contributed by atoms with van der Waals surface area (Å²) in [5.74, 6) is 0.746. The lowest BCUT2D eigenvalue weighted by molar-refractivity contribution is -0.113. The lowest BCUT2D eigenvalue weighted by atomic mass is 9.89. The minimum atomic E-state index is -0.248. The summed E-state index contributed by atoms with van der Waals surface area (Å²) in [4.78, 5) is 37.3. The number of thiophene rings is 1. The minimum absolute atomic E-state index is 0.0474. The van der Waals surface area contributed by atoms with Crippen molar-refractivity contribution >= 4 is 56.7 Å². The molecule has 0 unspecified atom stereocenters. The molecule has 0 aliphatic heterocycles. The lowest BCUT2D eigenvalue weighted by Crippen LogP contribution is -2.24. The minimum Gasteiger partial charge on any atom is -0.293 e. The Morgan fingerprint density at radius 1 is 1.31 bits per heavy atom. The summed E-state index contributed by atoms with van der Waals surface area (Å²) in [5.41, 5.74) is 3.24. The van der Waals surface area contributed by atoms with Crippen molar-refractivity contribution in [2.24, 2.45) is 5.92 Å². The Hall–Kier alpha value is -2.82. The van der Waals surface area contributed by atoms with Gasteiger partial charge in [0.15, 0.2) is 5.16 Å². The molecule has 35 heavy (non-hydrogen) atoms. The first-order valence-electron chi connectivity index (χ1n) is 11.4. The Labute approximate surface area is 215 Å². The van der Waals surface area contributed by atoms with Gasteiger partial charge in [-0.1, -0.05) is 54.6 Å². The van der Waals surface area contributed by atoms with E-state index in [1.165, 1.54) is 33.7 Å². The molecule has 0 radical (unpaired) electrons. The summed E-state index contributed by atoms with van der Waals surface area (Å²) >= 11 is 4.10. The summed E-state index contributed by atoms with van der Waals surface area (Å²) in [6.07, 6.45) is 4.69. The van der Waals surface area contributed by atoms with Crippen LogP contribution in [0.15, 0.2) is 46.9 Å². The number of benzene rings is 1. The molecule has 0 spiro atoms. The fraction of sp³-hybridized carbons (Fsp3) is 0.320. The van der Waals surface area contributed by atoms with Gasteiger partial charge in [-0.3, -0.25) is 19.5 Å². The predicted octanol–water partition coefficient (Wildman–Crippen LogP) is 5.33. The number of nitrogens with one attached hydrogen (secondary N) is 1. The van der Waals surface area contributed by atoms with Crippen LogP contribution in [0.5, 0.6) is 0 Å². The van der Waals surface area contributed by atoms with E-state index in [1.807, 2.05) is 31.2 Å². The van der Waals surface area contributed by atoms with E-state index in [0.717, 1.165) is 45.6 Å². The maximum Gasteiger partial charge on any atom is 0.263 e. The molecule has 7 nitrogen and oxygen atoms in total. The Balaban J connectivity index is 1.33. The monoisotopic (exact) mass is 523 g/mol. The molecule has 180 valence electrons. The van der Waals surface area contributed by atoms with E-state index in [2.05, 4.69) is 28.2 Å². The number of allylic oxidation sites excluding steroid dienone is 1. The van der Waals surface area contributed by atoms with Gasteiger partial charge in [0.1, 0.15) is 9.84 Å². The molecular formula is C25H25N5O2S3. The van der Waals surface area contributed by atoms with Crippen molar-refractivity contribution in [1.29, 1.82) is 0 Å². The highest BCUT2D eigenvalue weighted by Crippen LogP contribution is 2.36. The number of aromatic nitrogens is 4. The van der Waals surface area contributed by atoms with Gasteiger partial charge in [-0.25, -0.2) is 4.98 Å². The van der Waals surface area contributed by atoms with Crippen molar-refractivity contribution in [3.8, 4) is 10.6 Å². The van der Waals surface area contributed by atoms with Gasteiger partial charge < -0.3 is 0 Å². The molecule has 3 aromatic heterocycles. The van der Waals surface area contributed by atoms with Crippen molar-refractivity contribution < 1.29 is 4.79 Å². The van der Waals surface area contributed by atoms with Crippen LogP contribution in [0.25, 0.3) is 20.8 Å². The molecule has 1 aliphatic rings. The van der Waals surface area contributed by atoms with E-state index < -0.39 is 0 Å². The second-order valence-electron chi connectivity index (χ2n) is 8.76. The van der Waals surface area contributed by atoms with E-state index in [9.17, 15) is 9.59 Å². The fourth-order valence-electron chi connectivity index (χ4n) is 4.18. The molecule has 0 saturated heterocycles. The van der Waals surface area contributed by atoms with Crippen molar-refractivity contribution in [3.05, 3.63) is 63.3 Å². The maximum absolute atomic E-state index is 13.4. The van der Waals surface area contributed by atoms with Crippen LogP contribution in [-0.2, 0) is 24.2 Å². The van der Waals surface area contributed by atoms with E-state index in [0.29, 0.717) is 17.6 Å². The van der Waals surface area contributed by atoms with E-state index >= 15 is 0 Å². The highest BCUT2D eigenvalue weighted by Gasteiger charge is 2.24. The Bertz CT molecular complexity index is 1470. The van der Waals surface area contributed by atoms with Crippen LogP contribution in [0.4, 0.5) is 5.95 Å². The molecule has 1 aromatic carbocycles. The third-order valence-electron chi connectivity index (χ3n) is 6.00. The number of hydrogen-bond acceptors (Lipinski definition) is 8. The molecule has 5 rings (SSSR count). The summed E-state index contributed by atoms with van der Waals surface area (Å²) in [7, 11) is 0. The second-order valence-corrected chi connectivity index (χ2v) is 11.5. The molecule has 1 N–H and O–H groups in total. The van der Waals surface area contributed by atoms with E-state index in [4.69, 9.17) is 4.98 Å². The molecule has 1 aliphatic carbocycles. The van der Waals surface area contributed by atoms with Crippen LogP contribution < -0.4 is 10.9 Å². The molecule has 10 heteroatoms. The topological polar surface area (TPSA) is 89.8 Å². The third kappa shape index (κ3) is 4.96. The summed E-state index contributed by atoms with van der Waals surface area (Å²) in [6.45, 7) is 8.42. The highest BCUT2D eigenvalue weighted by atomic mass is 32.2. The lowest BCUT2D eigenvalue weighted by Gasteiger charge is -2.17. The van der Waals surface area contributed by atoms with Crippen molar-refractivity contribution in [2.75, 3.05) is 11.1 Å². The van der Waals surface area contributed by atoms with Gasteiger partial charge >= 0.3 is 0 Å². The van der Waals surface area contributed by atoms with Crippen molar-refractivity contribution in [3.63, 3.8) is 0 Å². The maximum atomic E-state index is 13.4. The number of rotatable bonds is 7. The number of hydrogen-bond donors (Lipinski definition) is 1. The van der Waals surface area contributed by atoms with Crippen molar-refractivity contribution in [2.45, 2.75) is 44.8 Å². The number of carbonyl (C=O) groups excluding carboxylic acids is 1. The van der Waals surface area contributed by atoms with Gasteiger partial charge in [0.25, 0.3) is 5.56 Å². The van der Waals surface area contributed by atoms with E-state index in [-0.39, 0.29) is 23.2 Å². The quantitative estimate of drug-likeness (QED) is 0.200. The van der Waals surface area contributed by atoms with Crippen LogP contribution in [0.2, 0.25) is 0 Å². The third-order valence-corrected chi connectivity index (χ3v) is 8.89. The van der Waals surface area contributed by atoms with Crippen LogP contribution in [0.1, 0.15) is 29.3 Å². The first kappa shape index (κ1) is 23.9. The molecule has 1 atom stereocenters. The average Bonchev–Trinajstić information content (AvgIpc) is 3.44. The smallest absolute Gasteiger partial charge is 0.263 e. The molecular weight excluding hydrogens is 499 g/mol. The number of carbonyl (C=O) groups is 1. The molecule has 3 heterocycles. The summed E-state index contributed by atoms with van der Waals surface area (Å²) in [6, 6.07) is 8.01. The number of amides is 1. The number of thioether (sulfide) groups is 1. The molecule has 4 aromatic rings. The van der Waals surface area contributed by atoms with Crippen LogP contribution in [0.3, 0.4) is 0 Å². The molecule has 1 amide bonds. The first-order valence-corrected chi connectivity index (χ1v) is 14.0. The van der Waals surface area contributed by atoms with E-state index in [1.54, 1.807) is 22.0 Å². The second kappa shape index (κ2) is 10.0. The largest absolute Gasteiger partial charge is 0.293 e. The number of anilines is 1. The van der Waals surface area contributed by atoms with Crippen LogP contribution in [-0.4, -0.2) is 30.6 Å². The Morgan fingerprint density at radius 2 is 2.11 bits per heavy atom. The van der Waals surface area contributed by atoms with Gasteiger partial charge in [-0.2, -0.15) is 9.36 Å². The first-order chi connectivity index (χ1) is 16.9. The molecule has 0 fully saturated rings. The fourth-order valence-corrected chi connectivity index (χ4v) is 7.04. The molecule has 0 bridgehead atoms. The standard InChI is InChI=1S/C25H25N5O2S3/c1-4-11-30-23(32)20-17-10-7-15(3)12-18(17)34-22(20)28-25(30)33-13-19(31)26-24-27-21(35-29-24)16-8-5-14(2)6-9-16/h4-6,8-9,15H,1,7,10-13H2,2-3H3,(H,26,29,31)/t15-/m1/s1. The Kier molecular flexibility index (Phi) is 6.86. The van der Waals surface area contributed by atoms with Crippen LogP contribution >= 0.6 is 34.6 Å². The van der Waals surface area contributed by atoms with Crippen LogP contribution in [0, 0.1) is 12.8 Å². The number of nitrogens with zero attached hydrogens (tertiary/aromatic N) is 4. The Morgan fingerprint density at radius 3 is 2.89 bits per heavy atom. The van der Waals surface area contributed by atoms with Gasteiger partial charge in [0, 0.05) is 17.0 Å². The summed E-state index contributed by atoms with van der Waals surface area (Å²) in [5, 5.41) is 4.77. The van der Waals surface area contributed by atoms with Gasteiger partial charge in [-0.15, -0.1) is 17.9 Å². The zero-order chi connectivity index (χ0) is 24.5. The normalized spacial score (nSPS) is 15.2. The zero-order valence-corrected chi connectivity index (χ0v) is 22.0. The summed E-state index contributed by atoms with van der Waals surface area (Å²) < 4.78 is 5.88. The van der Waals surface area contributed by atoms with Gasteiger partial charge in [0.05, 0.1) is 11.1 Å². The van der Waals surface area contributed by atoms with Gasteiger partial charge in [0.2, 0.25) is 11.9 Å². The predicted molar refractivity (Wildman–Crippen MR) is 145 cm³/mol. The number of aryl methyl sites for hydroxylation is 2. The zero-order valence-electron chi connectivity index (χ0n) is 19.5. The average molecular weight is 524 g/mol. The van der Waals surface area contributed by atoms with Crippen molar-refractivity contribution in [1.82, 2.24) is 18.9 Å². The SMILES string of the molecule is C=CCn1c(SCC(=O)Nc2nsc(-c3ccc(C)cc3)n2)nc2sc3c(c2c1=O)CC[C@@H](C)C3.